The fourth-order valence-electron chi connectivity index (χ4n) is 1.64. The second-order valence-corrected chi connectivity index (χ2v) is 8.31. The first-order valence-corrected chi connectivity index (χ1v) is 9.09. The third kappa shape index (κ3) is 3.77. The maximum Gasteiger partial charge on any atom is 0.230 e. The highest BCUT2D eigenvalue weighted by Crippen LogP contribution is 2.27. The molecule has 0 N–H and O–H groups in total. The van der Waals surface area contributed by atoms with E-state index in [2.05, 4.69) is 0 Å². The smallest absolute Gasteiger partial charge is 0.230 e. The van der Waals surface area contributed by atoms with E-state index in [1.807, 2.05) is 31.2 Å². The molecule has 0 saturated carbocycles. The molecule has 106 valence electrons. The minimum Gasteiger partial charge on any atom is -0.497 e. The molecule has 0 saturated heterocycles. The molecular weight excluding hydrogens is 292 g/mol. The molecule has 20 heavy (non-hydrogen) atoms. The third-order valence-electron chi connectivity index (χ3n) is 2.85. The van der Waals surface area contributed by atoms with Crippen molar-refractivity contribution in [2.45, 2.75) is 17.6 Å². The SMILES string of the molecule is COc1ccc(CSS(=O)(=O)c2ccc(C)cc2)cc1. The van der Waals surface area contributed by atoms with E-state index in [0.29, 0.717) is 10.6 Å². The van der Waals surface area contributed by atoms with Crippen LogP contribution in [0.1, 0.15) is 11.1 Å². The zero-order chi connectivity index (χ0) is 14.6. The van der Waals surface area contributed by atoms with Crippen LogP contribution in [0.15, 0.2) is 53.4 Å². The van der Waals surface area contributed by atoms with Crippen molar-refractivity contribution in [2.24, 2.45) is 0 Å². The van der Waals surface area contributed by atoms with Gasteiger partial charge in [-0.2, -0.15) is 0 Å². The molecule has 5 heteroatoms. The summed E-state index contributed by atoms with van der Waals surface area (Å²) in [5.41, 5.74) is 2.00. The molecule has 0 fully saturated rings. The predicted octanol–water partition coefficient (Wildman–Crippen LogP) is 3.63. The molecule has 0 bridgehead atoms. The zero-order valence-corrected chi connectivity index (χ0v) is 13.0. The van der Waals surface area contributed by atoms with E-state index in [1.54, 1.807) is 31.4 Å². The van der Waals surface area contributed by atoms with Gasteiger partial charge in [0.05, 0.1) is 12.0 Å². The minimum absolute atomic E-state index is 0.349. The van der Waals surface area contributed by atoms with Crippen molar-refractivity contribution in [3.8, 4) is 5.75 Å². The lowest BCUT2D eigenvalue weighted by atomic mass is 10.2. The van der Waals surface area contributed by atoms with Gasteiger partial charge in [0, 0.05) is 5.75 Å². The van der Waals surface area contributed by atoms with Gasteiger partial charge < -0.3 is 4.74 Å². The van der Waals surface area contributed by atoms with Crippen molar-refractivity contribution < 1.29 is 13.2 Å². The molecule has 0 aliphatic rings. The number of aryl methyl sites for hydroxylation is 1. The Morgan fingerprint density at radius 2 is 1.60 bits per heavy atom. The molecule has 0 amide bonds. The lowest BCUT2D eigenvalue weighted by molar-refractivity contribution is 0.414. The van der Waals surface area contributed by atoms with Crippen LogP contribution in [0.25, 0.3) is 0 Å². The normalized spacial score (nSPS) is 11.3. The van der Waals surface area contributed by atoms with E-state index < -0.39 is 8.87 Å². The molecular formula is C15H16O3S2. The molecule has 0 aliphatic heterocycles. The lowest BCUT2D eigenvalue weighted by Gasteiger charge is -2.05. The largest absolute Gasteiger partial charge is 0.497 e. The van der Waals surface area contributed by atoms with Crippen LogP contribution in [0.2, 0.25) is 0 Å². The first-order chi connectivity index (χ1) is 9.51. The van der Waals surface area contributed by atoms with Crippen LogP contribution < -0.4 is 4.74 Å². The van der Waals surface area contributed by atoms with Gasteiger partial charge in [-0.05, 0) is 47.5 Å². The maximum atomic E-state index is 12.2. The highest BCUT2D eigenvalue weighted by Gasteiger charge is 2.15. The Balaban J connectivity index is 2.06. The topological polar surface area (TPSA) is 43.4 Å². The number of hydrogen-bond donors (Lipinski definition) is 0. The van der Waals surface area contributed by atoms with Gasteiger partial charge in [0.15, 0.2) is 0 Å². The van der Waals surface area contributed by atoms with Crippen LogP contribution in [0.3, 0.4) is 0 Å². The van der Waals surface area contributed by atoms with Crippen LogP contribution >= 0.6 is 10.8 Å². The Morgan fingerprint density at radius 3 is 2.15 bits per heavy atom. The lowest BCUT2D eigenvalue weighted by Crippen LogP contribution is -1.96. The van der Waals surface area contributed by atoms with E-state index in [4.69, 9.17) is 4.74 Å². The molecule has 2 rings (SSSR count). The van der Waals surface area contributed by atoms with Crippen molar-refractivity contribution in [3.05, 3.63) is 59.7 Å². The van der Waals surface area contributed by atoms with Gasteiger partial charge in [0.25, 0.3) is 0 Å². The molecule has 0 aromatic heterocycles. The summed E-state index contributed by atoms with van der Waals surface area (Å²) in [4.78, 5) is 0.349. The third-order valence-corrected chi connectivity index (χ3v) is 6.32. The van der Waals surface area contributed by atoms with Crippen molar-refractivity contribution in [1.29, 1.82) is 0 Å². The molecule has 0 atom stereocenters. The van der Waals surface area contributed by atoms with Crippen LogP contribution in [0.5, 0.6) is 5.75 Å². The van der Waals surface area contributed by atoms with E-state index in [1.165, 1.54) is 0 Å². The monoisotopic (exact) mass is 308 g/mol. The summed E-state index contributed by atoms with van der Waals surface area (Å²) >= 11 is 0. The van der Waals surface area contributed by atoms with Crippen molar-refractivity contribution in [1.82, 2.24) is 0 Å². The van der Waals surface area contributed by atoms with Crippen molar-refractivity contribution in [2.75, 3.05) is 7.11 Å². The number of methoxy groups -OCH3 is 1. The quantitative estimate of drug-likeness (QED) is 0.791. The molecule has 0 radical (unpaired) electrons. The van der Waals surface area contributed by atoms with Crippen LogP contribution in [0, 0.1) is 6.92 Å². The van der Waals surface area contributed by atoms with Crippen molar-refractivity contribution >= 4 is 19.7 Å². The summed E-state index contributed by atoms with van der Waals surface area (Å²) in [5.74, 6) is 1.18. The number of ether oxygens (including phenoxy) is 1. The van der Waals surface area contributed by atoms with Crippen LogP contribution in [0.4, 0.5) is 0 Å². The Hall–Kier alpha value is -1.46. The first kappa shape index (κ1) is 14.9. The van der Waals surface area contributed by atoms with Crippen LogP contribution in [-0.2, 0) is 14.6 Å². The minimum atomic E-state index is -3.31. The number of rotatable bonds is 5. The summed E-state index contributed by atoms with van der Waals surface area (Å²) in [6.45, 7) is 1.93. The van der Waals surface area contributed by atoms with E-state index in [0.717, 1.165) is 27.7 Å². The van der Waals surface area contributed by atoms with E-state index in [9.17, 15) is 8.42 Å². The molecule has 3 nitrogen and oxygen atoms in total. The predicted molar refractivity (Wildman–Crippen MR) is 82.7 cm³/mol. The maximum absolute atomic E-state index is 12.2. The van der Waals surface area contributed by atoms with Gasteiger partial charge in [-0.15, -0.1) is 0 Å². The Labute approximate surface area is 123 Å². The summed E-state index contributed by atoms with van der Waals surface area (Å²) in [5, 5.41) is 0. The summed E-state index contributed by atoms with van der Waals surface area (Å²) in [7, 11) is -0.767. The van der Waals surface area contributed by atoms with E-state index in [-0.39, 0.29) is 0 Å². The van der Waals surface area contributed by atoms with Gasteiger partial charge in [0.2, 0.25) is 8.87 Å². The highest BCUT2D eigenvalue weighted by atomic mass is 33.1. The average molecular weight is 308 g/mol. The Morgan fingerprint density at radius 1 is 1.00 bits per heavy atom. The fraction of sp³-hybridized carbons (Fsp3) is 0.200. The van der Waals surface area contributed by atoms with E-state index >= 15 is 0 Å². The zero-order valence-electron chi connectivity index (χ0n) is 11.4. The summed E-state index contributed by atoms with van der Waals surface area (Å²) in [6, 6.07) is 14.3. The van der Waals surface area contributed by atoms with Gasteiger partial charge in [-0.1, -0.05) is 29.8 Å². The first-order valence-electron chi connectivity index (χ1n) is 6.10. The Bertz CT molecular complexity index is 659. The molecule has 2 aromatic carbocycles. The second kappa shape index (κ2) is 6.33. The van der Waals surface area contributed by atoms with Crippen molar-refractivity contribution in [3.63, 3.8) is 0 Å². The molecule has 0 spiro atoms. The second-order valence-electron chi connectivity index (χ2n) is 4.38. The highest BCUT2D eigenvalue weighted by molar-refractivity contribution is 8.71. The fourth-order valence-corrected chi connectivity index (χ4v) is 4.34. The van der Waals surface area contributed by atoms with Gasteiger partial charge in [-0.3, -0.25) is 0 Å². The molecule has 0 unspecified atom stereocenters. The number of benzene rings is 2. The molecule has 0 heterocycles. The Kier molecular flexibility index (Phi) is 4.73. The van der Waals surface area contributed by atoms with Gasteiger partial charge >= 0.3 is 0 Å². The average Bonchev–Trinajstić information content (AvgIpc) is 2.46. The number of hydrogen-bond acceptors (Lipinski definition) is 4. The van der Waals surface area contributed by atoms with Crippen LogP contribution in [-0.4, -0.2) is 15.5 Å². The standard InChI is InChI=1S/C15H16O3S2/c1-12-3-9-15(10-4-12)20(16,17)19-11-13-5-7-14(18-2)8-6-13/h3-10H,11H2,1-2H3. The molecule has 0 aliphatic carbocycles. The summed E-state index contributed by atoms with van der Waals surface area (Å²) < 4.78 is 29.4. The molecule has 2 aromatic rings. The van der Waals surface area contributed by atoms with Gasteiger partial charge in [0.1, 0.15) is 5.75 Å². The van der Waals surface area contributed by atoms with Gasteiger partial charge in [-0.25, -0.2) is 8.42 Å². The summed E-state index contributed by atoms with van der Waals surface area (Å²) in [6.07, 6.45) is 0.